The third kappa shape index (κ3) is 4.67. The van der Waals surface area contributed by atoms with Gasteiger partial charge in [0, 0.05) is 30.8 Å². The highest BCUT2D eigenvalue weighted by Gasteiger charge is 2.52. The maximum Gasteiger partial charge on any atom is 0.492 e. The van der Waals surface area contributed by atoms with Crippen LogP contribution in [0.15, 0.2) is 54.0 Å². The van der Waals surface area contributed by atoms with Gasteiger partial charge in [-0.05, 0) is 69.3 Å². The van der Waals surface area contributed by atoms with Crippen molar-refractivity contribution in [2.24, 2.45) is 7.05 Å². The Morgan fingerprint density at radius 2 is 1.58 bits per heavy atom. The van der Waals surface area contributed by atoms with Gasteiger partial charge >= 0.3 is 13.2 Å². The molecule has 0 radical (unpaired) electrons. The molecule has 0 saturated carbocycles. The molecule has 8 heteroatoms. The quantitative estimate of drug-likeness (QED) is 0.435. The number of nitrogens with zero attached hydrogens (tertiary/aromatic N) is 2. The number of carbonyl (C=O) groups is 1. The first-order chi connectivity index (χ1) is 18.0. The van der Waals surface area contributed by atoms with E-state index in [1.807, 2.05) is 83.6 Å². The third-order valence-electron chi connectivity index (χ3n) is 8.23. The highest BCUT2D eigenvalue weighted by molar-refractivity contribution is 6.56. The molecule has 1 N–H and O–H groups in total. The van der Waals surface area contributed by atoms with Gasteiger partial charge in [-0.1, -0.05) is 54.6 Å². The predicted octanol–water partition coefficient (Wildman–Crippen LogP) is 5.59. The number of fused-ring (bicyclic) bond motifs is 3. The SMILES string of the molecule is Cc1nn(C)c(C)c1C=C(CNC(=O)OCC1c2ccccc2-c2ccccc21)B1OC(C)(C)C(C)(C)O1. The molecule has 1 aliphatic carbocycles. The second-order valence-corrected chi connectivity index (χ2v) is 11.2. The number of hydrogen-bond acceptors (Lipinski definition) is 5. The van der Waals surface area contributed by atoms with E-state index in [0.717, 1.165) is 22.4 Å². The van der Waals surface area contributed by atoms with Crippen molar-refractivity contribution in [1.29, 1.82) is 0 Å². The fourth-order valence-corrected chi connectivity index (χ4v) is 5.20. The first-order valence-corrected chi connectivity index (χ1v) is 13.1. The lowest BCUT2D eigenvalue weighted by molar-refractivity contribution is 0.00578. The van der Waals surface area contributed by atoms with Crippen molar-refractivity contribution < 1.29 is 18.8 Å². The topological polar surface area (TPSA) is 74.6 Å². The molecule has 2 heterocycles. The minimum Gasteiger partial charge on any atom is -0.449 e. The average molecular weight is 513 g/mol. The molecular weight excluding hydrogens is 477 g/mol. The van der Waals surface area contributed by atoms with Gasteiger partial charge in [0.1, 0.15) is 6.61 Å². The van der Waals surface area contributed by atoms with Crippen molar-refractivity contribution in [1.82, 2.24) is 15.1 Å². The van der Waals surface area contributed by atoms with Gasteiger partial charge in [0.2, 0.25) is 0 Å². The van der Waals surface area contributed by atoms with E-state index in [1.54, 1.807) is 0 Å². The van der Waals surface area contributed by atoms with Crippen molar-refractivity contribution in [3.8, 4) is 11.1 Å². The van der Waals surface area contributed by atoms with E-state index in [4.69, 9.17) is 14.0 Å². The lowest BCUT2D eigenvalue weighted by Gasteiger charge is -2.32. The van der Waals surface area contributed by atoms with E-state index < -0.39 is 24.4 Å². The number of rotatable bonds is 6. The lowest BCUT2D eigenvalue weighted by atomic mass is 9.76. The van der Waals surface area contributed by atoms with Gasteiger partial charge in [-0.15, -0.1) is 0 Å². The highest BCUT2D eigenvalue weighted by Crippen LogP contribution is 2.44. The Hall–Kier alpha value is -3.36. The molecule has 7 nitrogen and oxygen atoms in total. The van der Waals surface area contributed by atoms with Gasteiger partial charge < -0.3 is 19.4 Å². The highest BCUT2D eigenvalue weighted by atomic mass is 16.7. The summed E-state index contributed by atoms with van der Waals surface area (Å²) in [6.45, 7) is 12.5. The zero-order valence-corrected chi connectivity index (χ0v) is 23.3. The molecule has 1 fully saturated rings. The summed E-state index contributed by atoms with van der Waals surface area (Å²) in [5.41, 5.74) is 7.49. The average Bonchev–Trinajstić information content (AvgIpc) is 3.40. The van der Waals surface area contributed by atoms with Crippen LogP contribution in [0.4, 0.5) is 4.79 Å². The Morgan fingerprint density at radius 1 is 1.03 bits per heavy atom. The molecule has 1 aliphatic heterocycles. The number of amides is 1. The Kier molecular flexibility index (Phi) is 6.74. The van der Waals surface area contributed by atoms with Gasteiger partial charge in [-0.25, -0.2) is 4.79 Å². The lowest BCUT2D eigenvalue weighted by Crippen LogP contribution is -2.41. The van der Waals surface area contributed by atoms with Crippen LogP contribution in [0.2, 0.25) is 0 Å². The van der Waals surface area contributed by atoms with Gasteiger partial charge in [0.05, 0.1) is 16.9 Å². The Labute approximate surface area is 225 Å². The summed E-state index contributed by atoms with van der Waals surface area (Å²) in [4.78, 5) is 12.9. The number of aryl methyl sites for hydroxylation is 2. The number of benzene rings is 2. The van der Waals surface area contributed by atoms with Crippen LogP contribution in [0.3, 0.4) is 0 Å². The molecule has 5 rings (SSSR count). The molecule has 0 unspecified atom stereocenters. The molecule has 198 valence electrons. The van der Waals surface area contributed by atoms with Gasteiger partial charge in [-0.3, -0.25) is 4.68 Å². The van der Waals surface area contributed by atoms with Crippen LogP contribution < -0.4 is 5.32 Å². The molecule has 3 aromatic rings. The van der Waals surface area contributed by atoms with E-state index in [2.05, 4.69) is 34.7 Å². The summed E-state index contributed by atoms with van der Waals surface area (Å²) in [6, 6.07) is 16.6. The Bertz CT molecular complexity index is 1350. The summed E-state index contributed by atoms with van der Waals surface area (Å²) < 4.78 is 20.3. The molecule has 0 atom stereocenters. The van der Waals surface area contributed by atoms with Crippen LogP contribution in [0.1, 0.15) is 61.7 Å². The maximum atomic E-state index is 12.9. The number of nitrogens with one attached hydrogen (secondary N) is 1. The minimum absolute atomic E-state index is 0.00644. The van der Waals surface area contributed by atoms with Crippen molar-refractivity contribution in [2.75, 3.05) is 13.2 Å². The first kappa shape index (κ1) is 26.3. The summed E-state index contributed by atoms with van der Waals surface area (Å²) in [7, 11) is 1.32. The van der Waals surface area contributed by atoms with Crippen molar-refractivity contribution in [3.05, 3.63) is 82.1 Å². The zero-order valence-electron chi connectivity index (χ0n) is 23.3. The molecule has 38 heavy (non-hydrogen) atoms. The fraction of sp³-hybridized carbons (Fsp3) is 0.400. The van der Waals surface area contributed by atoms with E-state index in [9.17, 15) is 4.79 Å². The summed E-state index contributed by atoms with van der Waals surface area (Å²) in [6.07, 6.45) is 1.54. The van der Waals surface area contributed by atoms with Gasteiger partial charge in [-0.2, -0.15) is 5.10 Å². The number of ether oxygens (including phenoxy) is 1. The zero-order chi connectivity index (χ0) is 27.2. The van der Waals surface area contributed by atoms with Crippen LogP contribution >= 0.6 is 0 Å². The molecule has 0 bridgehead atoms. The van der Waals surface area contributed by atoms with E-state index in [0.29, 0.717) is 0 Å². The molecule has 2 aliphatic rings. The monoisotopic (exact) mass is 513 g/mol. The van der Waals surface area contributed by atoms with E-state index in [-0.39, 0.29) is 19.1 Å². The van der Waals surface area contributed by atoms with Crippen LogP contribution in [0.5, 0.6) is 0 Å². The molecule has 1 aromatic heterocycles. The second kappa shape index (κ2) is 9.75. The molecule has 2 aromatic carbocycles. The minimum atomic E-state index is -0.604. The van der Waals surface area contributed by atoms with Crippen LogP contribution in [0, 0.1) is 13.8 Å². The number of hydrogen-bond donors (Lipinski definition) is 1. The second-order valence-electron chi connectivity index (χ2n) is 11.2. The summed E-state index contributed by atoms with van der Waals surface area (Å²) >= 11 is 0. The van der Waals surface area contributed by atoms with Crippen LogP contribution in [-0.2, 0) is 21.1 Å². The van der Waals surface area contributed by atoms with Gasteiger partial charge in [0.25, 0.3) is 0 Å². The van der Waals surface area contributed by atoms with Crippen molar-refractivity contribution in [2.45, 2.75) is 58.7 Å². The molecule has 0 spiro atoms. The first-order valence-electron chi connectivity index (χ1n) is 13.1. The van der Waals surface area contributed by atoms with Crippen LogP contribution in [-0.4, -0.2) is 47.3 Å². The maximum absolute atomic E-state index is 12.9. The van der Waals surface area contributed by atoms with Crippen molar-refractivity contribution in [3.63, 3.8) is 0 Å². The summed E-state index contributed by atoms with van der Waals surface area (Å²) in [5.74, 6) is 0.00644. The number of alkyl carbamates (subject to hydrolysis) is 1. The Balaban J connectivity index is 1.32. The standard InChI is InChI=1S/C30H36BN3O4/c1-19-26(20(2)34(7)33-19)16-21(31-37-29(3,4)30(5,6)38-31)17-32-28(35)36-18-27-24-14-10-8-12-22(24)23-13-9-11-15-25(23)27/h8-16,27H,17-18H2,1-7H3,(H,32,35). The van der Waals surface area contributed by atoms with Gasteiger partial charge in [0.15, 0.2) is 0 Å². The normalized spacial score (nSPS) is 17.9. The number of aromatic nitrogens is 2. The number of carbonyl (C=O) groups excluding carboxylic acids is 1. The predicted molar refractivity (Wildman–Crippen MR) is 150 cm³/mol. The smallest absolute Gasteiger partial charge is 0.449 e. The molecular formula is C30H36BN3O4. The molecule has 1 amide bonds. The fourth-order valence-electron chi connectivity index (χ4n) is 5.20. The van der Waals surface area contributed by atoms with Crippen LogP contribution in [0.25, 0.3) is 17.2 Å². The van der Waals surface area contributed by atoms with E-state index in [1.165, 1.54) is 22.3 Å². The van der Waals surface area contributed by atoms with E-state index >= 15 is 0 Å². The van der Waals surface area contributed by atoms with Crippen molar-refractivity contribution >= 4 is 19.3 Å². The third-order valence-corrected chi connectivity index (χ3v) is 8.23. The largest absolute Gasteiger partial charge is 0.492 e. The Morgan fingerprint density at radius 3 is 2.11 bits per heavy atom. The summed E-state index contributed by atoms with van der Waals surface area (Å²) in [5, 5.41) is 7.47. The molecule has 1 saturated heterocycles.